The van der Waals surface area contributed by atoms with Crippen molar-refractivity contribution in [3.8, 4) is 5.75 Å². The van der Waals surface area contributed by atoms with Gasteiger partial charge in [0.05, 0.1) is 12.3 Å². The van der Waals surface area contributed by atoms with Crippen molar-refractivity contribution >= 4 is 113 Å². The van der Waals surface area contributed by atoms with Crippen molar-refractivity contribution in [2.75, 3.05) is 241 Å². The molecule has 0 spiro atoms. The normalized spacial score (nSPS) is 12.6. The van der Waals surface area contributed by atoms with E-state index in [0.717, 1.165) is 140 Å². The van der Waals surface area contributed by atoms with Crippen LogP contribution in [0.2, 0.25) is 0 Å². The highest BCUT2D eigenvalue weighted by Gasteiger charge is 2.32. The Morgan fingerprint density at radius 1 is 0.512 bits per heavy atom. The summed E-state index contributed by atoms with van der Waals surface area (Å²) in [5, 5.41) is 42.7. The number of guanidine groups is 1. The smallest absolute Gasteiger partial charge is 0.380 e. The quantitative estimate of drug-likeness (QED) is 0.00999. The number of carbonyl (C=O) groups is 2. The lowest BCUT2D eigenvalue weighted by molar-refractivity contribution is -0.123. The molecule has 2 atom stereocenters. The molecule has 0 bridgehead atoms. The van der Waals surface area contributed by atoms with Crippen molar-refractivity contribution in [1.29, 1.82) is 0 Å². The SMILES string of the molecule is CN(CCCN)C1=NS(=O)ON1.CN(CCCN)C1NC(=O)NC1=O.CN(CCCN)c1c(O)c(=O)c1=O.CN(CCCN)c1c[nH]oc1=O.CN(CCCN)c1cc(=O)o[nH]1.CN(CCCN)c1nc(=S)[nH][nH]1.CN(CCCN)c1nc(=S)[nH][nH]1.CN(CCCN)c1nc(=S)o[nH]1.CN(CCCN)c1ncno1.Cc1nc(N(C)CCCN)n[nH]1. The lowest BCUT2D eigenvalue weighted by Gasteiger charge is -2.20. The van der Waals surface area contributed by atoms with Gasteiger partial charge in [0.25, 0.3) is 16.8 Å². The molecular weight excluding hydrogens is 1660 g/mol. The largest absolute Gasteiger partial charge is 0.502 e. The lowest BCUT2D eigenvalue weighted by atomic mass is 10.2. The van der Waals surface area contributed by atoms with Gasteiger partial charge in [0, 0.05) is 129 Å². The average Bonchev–Trinajstić information content (AvgIpc) is 1.36. The monoisotopic (exact) mass is 1790 g/mol. The number of likely N-dealkylation sites (N-methyl/N-ethyl adjacent to an activating group) is 1. The Morgan fingerprint density at radius 2 is 0.975 bits per heavy atom. The first-order chi connectivity index (χ1) is 57.8. The molecule has 0 radical (unpaired) electrons. The number of nitrogens with two attached hydrogens (primary N) is 10. The Morgan fingerprint density at radius 3 is 1.36 bits per heavy atom. The predicted molar refractivity (Wildman–Crippen MR) is 475 cm³/mol. The number of nitrogens with one attached hydrogen (secondary N) is 11. The van der Waals surface area contributed by atoms with Crippen molar-refractivity contribution in [1.82, 2.24) is 102 Å². The van der Waals surface area contributed by atoms with E-state index < -0.39 is 40.1 Å². The minimum absolute atomic E-state index is 0.110. The third kappa shape index (κ3) is 44.6. The van der Waals surface area contributed by atoms with E-state index in [9.17, 15) is 33.0 Å². The number of hydrogen-bond donors (Lipinski definition) is 22. The van der Waals surface area contributed by atoms with E-state index in [1.54, 1.807) is 35.0 Å². The van der Waals surface area contributed by atoms with Crippen molar-refractivity contribution in [3.05, 3.63) is 80.1 Å². The van der Waals surface area contributed by atoms with Crippen LogP contribution in [0, 0.1) is 21.3 Å². The molecule has 0 saturated carbocycles. The molecule has 121 heavy (non-hydrogen) atoms. The number of nitrogens with zero attached hydrogens (tertiary/aromatic N) is 18. The zero-order valence-electron chi connectivity index (χ0n) is 70.8. The van der Waals surface area contributed by atoms with Gasteiger partial charge in [0.1, 0.15) is 23.0 Å². The fraction of sp³-hybridized carbons (Fsp3) is 0.646. The van der Waals surface area contributed by atoms with Crippen molar-refractivity contribution in [2.24, 2.45) is 61.7 Å². The fourth-order valence-corrected chi connectivity index (χ4v) is 10.2. The van der Waals surface area contributed by atoms with Crippen LogP contribution in [0.4, 0.5) is 51.8 Å². The second-order valence-corrected chi connectivity index (χ2v) is 28.1. The van der Waals surface area contributed by atoms with E-state index in [1.807, 2.05) is 97.6 Å². The molecule has 56 heteroatoms. The molecule has 8 aromatic rings. The summed E-state index contributed by atoms with van der Waals surface area (Å²) in [6, 6.07) is 1.52. The molecule has 1 saturated heterocycles. The van der Waals surface area contributed by atoms with Crippen LogP contribution in [0.25, 0.3) is 0 Å². The van der Waals surface area contributed by atoms with Crippen LogP contribution < -0.4 is 135 Å². The zero-order valence-corrected chi connectivity index (χ0v) is 74.1. The molecule has 52 nitrogen and oxygen atoms in total. The molecule has 1 fully saturated rings. The summed E-state index contributed by atoms with van der Waals surface area (Å²) in [4.78, 5) is 104. The van der Waals surface area contributed by atoms with Crippen molar-refractivity contribution in [3.63, 3.8) is 0 Å². The number of aromatic nitrogens is 15. The molecule has 7 aromatic heterocycles. The van der Waals surface area contributed by atoms with Gasteiger partial charge in [-0.25, -0.2) is 34.4 Å². The fourth-order valence-electron chi connectivity index (χ4n) is 9.25. The number of hydroxylamine groups is 1. The van der Waals surface area contributed by atoms with E-state index >= 15 is 0 Å². The molecule has 2 aliphatic heterocycles. The minimum Gasteiger partial charge on any atom is -0.502 e. The number of H-pyrrole nitrogens is 8. The summed E-state index contributed by atoms with van der Waals surface area (Å²) < 4.78 is 38.4. The van der Waals surface area contributed by atoms with Gasteiger partial charge < -0.3 is 130 Å². The van der Waals surface area contributed by atoms with Crippen LogP contribution in [0.15, 0.2) is 60.3 Å². The number of anilines is 8. The Hall–Kier alpha value is -10.5. The number of aromatic hydroxyl groups is 1. The lowest BCUT2D eigenvalue weighted by Crippen LogP contribution is -2.45. The number of carbonyl (C=O) groups excluding carboxylic acids is 2. The Balaban J connectivity index is 0.000000672. The first kappa shape index (κ1) is 109. The number of imide groups is 1. The summed E-state index contributed by atoms with van der Waals surface area (Å²) in [6.07, 6.45) is 11.2. The third-order valence-electron chi connectivity index (χ3n) is 16.1. The molecule has 9 heterocycles. The number of hydrogen-bond acceptors (Lipinski definition) is 44. The van der Waals surface area contributed by atoms with Gasteiger partial charge in [0.15, 0.2) is 18.2 Å². The highest BCUT2D eigenvalue weighted by molar-refractivity contribution is 7.79. The molecule has 0 aliphatic carbocycles. The number of aromatic amines is 8. The average molecular weight is 1790 g/mol. The molecule has 32 N–H and O–H groups in total. The molecule has 1 aromatic carbocycles. The van der Waals surface area contributed by atoms with Gasteiger partial charge >= 0.3 is 39.4 Å². The molecular formula is C65H129N39O13S4. The third-order valence-corrected chi connectivity index (χ3v) is 17.2. The van der Waals surface area contributed by atoms with Crippen LogP contribution in [-0.4, -0.2) is 321 Å². The maximum Gasteiger partial charge on any atom is 0.380 e. The Bertz CT molecular complexity index is 4200. The van der Waals surface area contributed by atoms with Crippen LogP contribution in [0.1, 0.15) is 70.0 Å². The molecule has 686 valence electrons. The van der Waals surface area contributed by atoms with Crippen molar-refractivity contribution in [2.45, 2.75) is 77.3 Å². The first-order valence-electron chi connectivity index (χ1n) is 38.3. The summed E-state index contributed by atoms with van der Waals surface area (Å²) in [5.41, 5.74) is 54.4. The number of amides is 3. The van der Waals surface area contributed by atoms with Crippen LogP contribution in [0.3, 0.4) is 0 Å². The standard InChI is InChI=1S/C8H12N2O3.C7H15N5.C7H14N4O2.2C7H13N3O2.2C6H13N5S.C6H12N4OS.C6H12N4O.C5H12N4O2S/c1-10(4-2-3-9)5-6(11)8(13)7(5)12;1-6-9-7(11-10-6)12(2)5-3-4-8;1-11(4-2-3-8)5-6(12)10-7(13)9-5;1-10(4-2-3-8)6-5-9-12-7(6)11;1-10(4-2-3-8)6-5-7(11)12-9-6;2*1-11(4-2-3-7)5-8-6(12)10-9-5;1-10(4-2-3-7)5-8-6(12)11-9-5;1-10(4-2-3-7)6-8-5-9-11-6;1-9(4-2-3-6)5-7-11-12(10)8-5/h11H,2-4,9H2,1H3;3-5,8H2,1-2H3,(H,9,10,11);5H,2-4,8H2,1H3,(H2,9,10,12,13);2*5,9H,2-4,8H2,1H3;2*2-4,7H2,1H3,(H2,8,9,10,12);2-4,7H2,1H3,(H,8,9,12);5H,2-4,7H2,1H3;2-4,6H2,1H3,(H,7,8). The molecule has 3 amide bonds. The molecule has 2 unspecified atom stereocenters. The minimum atomic E-state index is -1.58. The van der Waals surface area contributed by atoms with E-state index in [0.29, 0.717) is 118 Å². The summed E-state index contributed by atoms with van der Waals surface area (Å²) in [7, 11) is 18.6. The number of rotatable bonds is 39. The van der Waals surface area contributed by atoms with E-state index in [-0.39, 0.29) is 27.7 Å². The van der Waals surface area contributed by atoms with Gasteiger partial charge in [0.2, 0.25) is 39.3 Å². The predicted octanol–water partition coefficient (Wildman–Crippen LogP) is -3.78. The van der Waals surface area contributed by atoms with E-state index in [1.165, 1.54) is 12.4 Å². The maximum absolute atomic E-state index is 11.1. The second kappa shape index (κ2) is 63.5. The second-order valence-electron chi connectivity index (χ2n) is 26.2. The Labute approximate surface area is 718 Å². The first-order valence-corrected chi connectivity index (χ1v) is 40.6. The van der Waals surface area contributed by atoms with Gasteiger partial charge in [-0.3, -0.25) is 50.1 Å². The zero-order chi connectivity index (χ0) is 90.8. The number of urea groups is 1. The number of aryl methyl sites for hydroxylation is 1. The van der Waals surface area contributed by atoms with Crippen LogP contribution in [0.5, 0.6) is 5.75 Å². The maximum atomic E-state index is 11.1. The van der Waals surface area contributed by atoms with Gasteiger partial charge in [-0.1, -0.05) is 5.16 Å². The van der Waals surface area contributed by atoms with E-state index in [4.69, 9.17) is 108 Å². The molecule has 2 aliphatic rings. The molecule has 10 rings (SSSR count). The van der Waals surface area contributed by atoms with E-state index in [2.05, 4.69) is 110 Å². The highest BCUT2D eigenvalue weighted by Crippen LogP contribution is 2.19. The topological polar surface area (TPSA) is 759 Å². The van der Waals surface area contributed by atoms with Gasteiger partial charge in [-0.05, 0) is 180 Å². The van der Waals surface area contributed by atoms with Gasteiger partial charge in [-0.2, -0.15) is 34.4 Å². The van der Waals surface area contributed by atoms with Crippen LogP contribution >= 0.6 is 36.7 Å². The summed E-state index contributed by atoms with van der Waals surface area (Å²) in [5.74, 6) is 4.19. The van der Waals surface area contributed by atoms with Gasteiger partial charge in [-0.15, -0.1) is 9.50 Å². The Kier molecular flexibility index (Phi) is 57.0. The van der Waals surface area contributed by atoms with Crippen LogP contribution in [-0.2, 0) is 20.3 Å². The van der Waals surface area contributed by atoms with Crippen molar-refractivity contribution < 1.29 is 41.3 Å². The summed E-state index contributed by atoms with van der Waals surface area (Å²) in [6.45, 7) is 16.2. The summed E-state index contributed by atoms with van der Waals surface area (Å²) >= 11 is 12.8. The highest BCUT2D eigenvalue weighted by atomic mass is 32.2.